The molecule has 0 saturated heterocycles. The van der Waals surface area contributed by atoms with Crippen molar-refractivity contribution in [3.8, 4) is 22.3 Å². The molecule has 0 aliphatic rings. The minimum Gasteiger partial charge on any atom is -0.338 e. The average molecular weight is 369 g/mol. The second-order valence-corrected chi connectivity index (χ2v) is 6.24. The monoisotopic (exact) mass is 369 g/mol. The second kappa shape index (κ2) is 7.84. The van der Waals surface area contributed by atoms with Gasteiger partial charge < -0.3 is 5.32 Å². The number of hydrogen-bond acceptors (Lipinski definition) is 4. The highest BCUT2D eigenvalue weighted by atomic mass is 16.2. The lowest BCUT2D eigenvalue weighted by molar-refractivity contribution is 0.252. The number of aromatic nitrogens is 3. The van der Waals surface area contributed by atoms with Gasteiger partial charge in [-0.15, -0.1) is 0 Å². The maximum atomic E-state index is 11.9. The summed E-state index contributed by atoms with van der Waals surface area (Å²) in [6, 6.07) is 13.7. The maximum absolute atomic E-state index is 11.9. The van der Waals surface area contributed by atoms with E-state index in [9.17, 15) is 4.79 Å². The van der Waals surface area contributed by atoms with Crippen LogP contribution in [0, 0.1) is 0 Å². The van der Waals surface area contributed by atoms with Crippen LogP contribution in [0.5, 0.6) is 0 Å². The normalized spacial score (nSPS) is 10.6. The molecule has 0 atom stereocenters. The Morgan fingerprint density at radius 3 is 2.39 bits per heavy atom. The summed E-state index contributed by atoms with van der Waals surface area (Å²) in [7, 11) is 0. The van der Waals surface area contributed by atoms with E-state index < -0.39 is 0 Å². The molecule has 28 heavy (non-hydrogen) atoms. The molecule has 0 aliphatic heterocycles. The van der Waals surface area contributed by atoms with E-state index in [-0.39, 0.29) is 6.03 Å². The Bertz CT molecular complexity index is 1110. The number of nitrogens with one attached hydrogen (secondary N) is 2. The largest absolute Gasteiger partial charge is 0.338 e. The van der Waals surface area contributed by atoms with Crippen LogP contribution in [0.1, 0.15) is 6.92 Å². The molecule has 0 fully saturated rings. The fraction of sp³-hybridized carbons (Fsp3) is 0.0909. The molecule has 4 aromatic rings. The molecule has 1 aromatic carbocycles. The number of pyridine rings is 3. The summed E-state index contributed by atoms with van der Waals surface area (Å²) >= 11 is 0. The van der Waals surface area contributed by atoms with Gasteiger partial charge in [0.25, 0.3) is 0 Å². The first-order valence-electron chi connectivity index (χ1n) is 9.04. The SMILES string of the molecule is CCNC(=O)Nc1cc2c(-c3ccncc3)ccc(-c3cccnc3)c2cn1. The van der Waals surface area contributed by atoms with Crippen LogP contribution in [0.25, 0.3) is 33.0 Å². The maximum Gasteiger partial charge on any atom is 0.320 e. The summed E-state index contributed by atoms with van der Waals surface area (Å²) in [5, 5.41) is 7.49. The molecule has 0 radical (unpaired) electrons. The number of amides is 2. The Balaban J connectivity index is 1.90. The van der Waals surface area contributed by atoms with Gasteiger partial charge in [-0.05, 0) is 53.3 Å². The molecular formula is C22H19N5O. The van der Waals surface area contributed by atoms with Gasteiger partial charge in [0.2, 0.25) is 0 Å². The number of nitrogens with zero attached hydrogens (tertiary/aromatic N) is 3. The topological polar surface area (TPSA) is 79.8 Å². The van der Waals surface area contributed by atoms with E-state index in [4.69, 9.17) is 0 Å². The number of benzene rings is 1. The van der Waals surface area contributed by atoms with E-state index in [2.05, 4.69) is 37.7 Å². The molecule has 4 rings (SSSR count). The summed E-state index contributed by atoms with van der Waals surface area (Å²) in [4.78, 5) is 24.7. The fourth-order valence-corrected chi connectivity index (χ4v) is 3.19. The van der Waals surface area contributed by atoms with E-state index in [1.54, 1.807) is 24.8 Å². The van der Waals surface area contributed by atoms with Crippen LogP contribution in [0.4, 0.5) is 10.6 Å². The summed E-state index contributed by atoms with van der Waals surface area (Å²) < 4.78 is 0. The number of fused-ring (bicyclic) bond motifs is 1. The summed E-state index contributed by atoms with van der Waals surface area (Å²) in [6.45, 7) is 2.42. The van der Waals surface area contributed by atoms with Crippen molar-refractivity contribution in [1.29, 1.82) is 0 Å². The highest BCUT2D eigenvalue weighted by molar-refractivity contribution is 6.06. The van der Waals surface area contributed by atoms with Crippen molar-refractivity contribution in [1.82, 2.24) is 20.3 Å². The van der Waals surface area contributed by atoms with Crippen molar-refractivity contribution in [2.24, 2.45) is 0 Å². The molecule has 0 bridgehead atoms. The Hall–Kier alpha value is -3.80. The van der Waals surface area contributed by atoms with Crippen molar-refractivity contribution in [2.75, 3.05) is 11.9 Å². The minimum atomic E-state index is -0.275. The van der Waals surface area contributed by atoms with E-state index >= 15 is 0 Å². The molecular weight excluding hydrogens is 350 g/mol. The van der Waals surface area contributed by atoms with Gasteiger partial charge in [-0.2, -0.15) is 0 Å². The lowest BCUT2D eigenvalue weighted by atomic mass is 9.94. The number of urea groups is 1. The van der Waals surface area contributed by atoms with E-state index in [1.807, 2.05) is 43.5 Å². The van der Waals surface area contributed by atoms with Gasteiger partial charge in [0.1, 0.15) is 5.82 Å². The molecule has 6 nitrogen and oxygen atoms in total. The van der Waals surface area contributed by atoms with Gasteiger partial charge in [-0.3, -0.25) is 15.3 Å². The van der Waals surface area contributed by atoms with Crippen LogP contribution >= 0.6 is 0 Å². The number of rotatable bonds is 4. The van der Waals surface area contributed by atoms with Gasteiger partial charge in [-0.25, -0.2) is 9.78 Å². The molecule has 0 saturated carbocycles. The third-order valence-corrected chi connectivity index (χ3v) is 4.44. The van der Waals surface area contributed by atoms with Crippen molar-refractivity contribution < 1.29 is 4.79 Å². The standard InChI is InChI=1S/C22H19N5O/c1-2-25-22(28)27-21-12-19-17(15-7-10-23-11-8-15)5-6-18(20(19)14-26-21)16-4-3-9-24-13-16/h3-14H,2H2,1H3,(H2,25,26,27,28). The van der Waals surface area contributed by atoms with Crippen molar-refractivity contribution in [3.05, 3.63) is 73.4 Å². The summed E-state index contributed by atoms with van der Waals surface area (Å²) in [5.41, 5.74) is 4.15. The van der Waals surface area contributed by atoms with Crippen molar-refractivity contribution in [3.63, 3.8) is 0 Å². The lowest BCUT2D eigenvalue weighted by Crippen LogP contribution is -2.28. The molecule has 6 heteroatoms. The molecule has 138 valence electrons. The molecule has 0 aliphatic carbocycles. The van der Waals surface area contributed by atoms with Crippen LogP contribution in [-0.2, 0) is 0 Å². The van der Waals surface area contributed by atoms with Gasteiger partial charge in [0.15, 0.2) is 0 Å². The predicted molar refractivity (Wildman–Crippen MR) is 111 cm³/mol. The highest BCUT2D eigenvalue weighted by Gasteiger charge is 2.12. The van der Waals surface area contributed by atoms with Crippen molar-refractivity contribution >= 4 is 22.6 Å². The van der Waals surface area contributed by atoms with Crippen LogP contribution in [0.2, 0.25) is 0 Å². The van der Waals surface area contributed by atoms with Gasteiger partial charge in [0, 0.05) is 48.5 Å². The highest BCUT2D eigenvalue weighted by Crippen LogP contribution is 2.35. The number of anilines is 1. The zero-order valence-electron chi connectivity index (χ0n) is 15.4. The first-order chi connectivity index (χ1) is 13.8. The quantitative estimate of drug-likeness (QED) is 0.555. The molecule has 2 N–H and O–H groups in total. The Kier molecular flexibility index (Phi) is 4.93. The van der Waals surface area contributed by atoms with Gasteiger partial charge >= 0.3 is 6.03 Å². The Labute approximate surface area is 162 Å². The Morgan fingerprint density at radius 1 is 0.893 bits per heavy atom. The molecule has 0 unspecified atom stereocenters. The fourth-order valence-electron chi connectivity index (χ4n) is 3.19. The second-order valence-electron chi connectivity index (χ2n) is 6.24. The first-order valence-corrected chi connectivity index (χ1v) is 9.04. The predicted octanol–water partition coefficient (Wildman–Crippen LogP) is 4.50. The smallest absolute Gasteiger partial charge is 0.320 e. The van der Waals surface area contributed by atoms with Crippen LogP contribution < -0.4 is 10.6 Å². The lowest BCUT2D eigenvalue weighted by Gasteiger charge is -2.13. The van der Waals surface area contributed by atoms with Crippen LogP contribution in [0.15, 0.2) is 73.4 Å². The van der Waals surface area contributed by atoms with E-state index in [0.717, 1.165) is 33.0 Å². The van der Waals surface area contributed by atoms with E-state index in [0.29, 0.717) is 12.4 Å². The Morgan fingerprint density at radius 2 is 1.68 bits per heavy atom. The van der Waals surface area contributed by atoms with Gasteiger partial charge in [0.05, 0.1) is 0 Å². The third-order valence-electron chi connectivity index (χ3n) is 4.44. The number of carbonyl (C=O) groups is 1. The zero-order chi connectivity index (χ0) is 19.3. The first kappa shape index (κ1) is 17.6. The zero-order valence-corrected chi connectivity index (χ0v) is 15.4. The van der Waals surface area contributed by atoms with Gasteiger partial charge in [-0.1, -0.05) is 18.2 Å². The summed E-state index contributed by atoms with van der Waals surface area (Å²) in [6.07, 6.45) is 8.92. The minimum absolute atomic E-state index is 0.275. The van der Waals surface area contributed by atoms with Crippen LogP contribution in [-0.4, -0.2) is 27.5 Å². The molecule has 3 heterocycles. The van der Waals surface area contributed by atoms with Crippen LogP contribution in [0.3, 0.4) is 0 Å². The van der Waals surface area contributed by atoms with E-state index in [1.165, 1.54) is 0 Å². The van der Waals surface area contributed by atoms with Crippen molar-refractivity contribution in [2.45, 2.75) is 6.92 Å². The number of hydrogen-bond donors (Lipinski definition) is 2. The molecule has 3 aromatic heterocycles. The third kappa shape index (κ3) is 3.53. The summed E-state index contributed by atoms with van der Waals surface area (Å²) in [5.74, 6) is 0.497. The average Bonchev–Trinajstić information content (AvgIpc) is 2.74. The molecule has 2 amide bonds. The molecule has 0 spiro atoms. The number of carbonyl (C=O) groups excluding carboxylic acids is 1.